The van der Waals surface area contributed by atoms with Crippen LogP contribution in [0.5, 0.6) is 0 Å². The summed E-state index contributed by atoms with van der Waals surface area (Å²) in [5, 5.41) is 4.97. The van der Waals surface area contributed by atoms with E-state index in [-0.39, 0.29) is 0 Å². The Hall–Kier alpha value is -2.44. The molecule has 2 aromatic heterocycles. The maximum absolute atomic E-state index is 6.14. The van der Waals surface area contributed by atoms with E-state index < -0.39 is 0 Å². The third-order valence-electron chi connectivity index (χ3n) is 5.58. The molecule has 29 heavy (non-hydrogen) atoms. The summed E-state index contributed by atoms with van der Waals surface area (Å²) in [7, 11) is 0. The fourth-order valence-corrected chi connectivity index (χ4v) is 4.11. The third-order valence-corrected chi connectivity index (χ3v) is 5.82. The smallest absolute Gasteiger partial charge is 0.261 e. The predicted octanol–water partition coefficient (Wildman–Crippen LogP) is 4.37. The molecule has 1 aliphatic carbocycles. The Labute approximate surface area is 175 Å². The van der Waals surface area contributed by atoms with Gasteiger partial charge in [-0.05, 0) is 49.1 Å². The molecule has 1 aliphatic heterocycles. The van der Waals surface area contributed by atoms with Crippen LogP contribution in [0, 0.1) is 0 Å². The van der Waals surface area contributed by atoms with Crippen LogP contribution in [0.3, 0.4) is 0 Å². The monoisotopic (exact) mass is 409 g/mol. The minimum atomic E-state index is 0.478. The molecule has 7 heteroatoms. The summed E-state index contributed by atoms with van der Waals surface area (Å²) in [6.07, 6.45) is 5.24. The van der Waals surface area contributed by atoms with E-state index in [0.717, 1.165) is 74.2 Å². The van der Waals surface area contributed by atoms with E-state index in [1.54, 1.807) is 0 Å². The Kier molecular flexibility index (Phi) is 5.21. The molecule has 0 unspecified atom stereocenters. The van der Waals surface area contributed by atoms with Crippen LogP contribution in [-0.4, -0.2) is 46.2 Å². The van der Waals surface area contributed by atoms with Gasteiger partial charge in [-0.15, -0.1) is 0 Å². The molecule has 1 saturated carbocycles. The molecule has 0 N–H and O–H groups in total. The molecule has 0 amide bonds. The lowest BCUT2D eigenvalue weighted by atomic mass is 10.2. The molecule has 0 atom stereocenters. The van der Waals surface area contributed by atoms with Gasteiger partial charge < -0.3 is 9.42 Å². The third kappa shape index (κ3) is 4.28. The quantitative estimate of drug-likeness (QED) is 0.623. The summed E-state index contributed by atoms with van der Waals surface area (Å²) in [4.78, 5) is 14.1. The van der Waals surface area contributed by atoms with Crippen LogP contribution in [0.15, 0.2) is 47.1 Å². The van der Waals surface area contributed by atoms with Gasteiger partial charge in [-0.3, -0.25) is 4.90 Å². The second-order valence-corrected chi connectivity index (χ2v) is 8.29. The Morgan fingerprint density at radius 3 is 2.86 bits per heavy atom. The van der Waals surface area contributed by atoms with Gasteiger partial charge >= 0.3 is 0 Å². The summed E-state index contributed by atoms with van der Waals surface area (Å²) in [5.41, 5.74) is 2.18. The van der Waals surface area contributed by atoms with E-state index in [9.17, 15) is 0 Å². The molecular formula is C22H24ClN5O. The maximum atomic E-state index is 6.14. The lowest BCUT2D eigenvalue weighted by Gasteiger charge is -2.24. The van der Waals surface area contributed by atoms with Crippen molar-refractivity contribution in [3.63, 3.8) is 0 Å². The first-order valence-corrected chi connectivity index (χ1v) is 10.6. The zero-order valence-corrected chi connectivity index (χ0v) is 17.1. The molecule has 5 rings (SSSR count). The Morgan fingerprint density at radius 1 is 1.07 bits per heavy atom. The summed E-state index contributed by atoms with van der Waals surface area (Å²) in [6, 6.07) is 12.1. The SMILES string of the molecule is Clc1cccc(CN2CCCN(c3ncccc3-c3nc(C4CC4)no3)CC2)c1. The highest BCUT2D eigenvalue weighted by Crippen LogP contribution is 2.39. The summed E-state index contributed by atoms with van der Waals surface area (Å²) in [5.74, 6) is 2.82. The number of hydrogen-bond acceptors (Lipinski definition) is 6. The zero-order chi connectivity index (χ0) is 19.6. The number of pyridine rings is 1. The molecule has 3 aromatic rings. The van der Waals surface area contributed by atoms with Gasteiger partial charge in [-0.1, -0.05) is 28.9 Å². The molecule has 0 bridgehead atoms. The molecule has 2 fully saturated rings. The minimum Gasteiger partial charge on any atom is -0.355 e. The molecule has 0 spiro atoms. The van der Waals surface area contributed by atoms with Gasteiger partial charge in [0.15, 0.2) is 5.82 Å². The molecule has 1 saturated heterocycles. The molecular weight excluding hydrogens is 386 g/mol. The number of nitrogens with zero attached hydrogens (tertiary/aromatic N) is 5. The van der Waals surface area contributed by atoms with Crippen molar-refractivity contribution in [3.8, 4) is 11.5 Å². The molecule has 0 radical (unpaired) electrons. The van der Waals surface area contributed by atoms with E-state index in [0.29, 0.717) is 11.8 Å². The first-order valence-electron chi connectivity index (χ1n) is 10.3. The second-order valence-electron chi connectivity index (χ2n) is 7.85. The molecule has 6 nitrogen and oxygen atoms in total. The van der Waals surface area contributed by atoms with Crippen LogP contribution >= 0.6 is 11.6 Å². The number of anilines is 1. The van der Waals surface area contributed by atoms with Crippen molar-refractivity contribution >= 4 is 17.4 Å². The zero-order valence-electron chi connectivity index (χ0n) is 16.3. The number of hydrogen-bond donors (Lipinski definition) is 0. The van der Waals surface area contributed by atoms with Crippen LogP contribution in [-0.2, 0) is 6.54 Å². The van der Waals surface area contributed by atoms with Crippen molar-refractivity contribution in [1.29, 1.82) is 0 Å². The average molecular weight is 410 g/mol. The van der Waals surface area contributed by atoms with Crippen molar-refractivity contribution in [1.82, 2.24) is 20.0 Å². The van der Waals surface area contributed by atoms with Gasteiger partial charge in [-0.2, -0.15) is 4.98 Å². The van der Waals surface area contributed by atoms with Gasteiger partial charge in [0.2, 0.25) is 0 Å². The second kappa shape index (κ2) is 8.13. The van der Waals surface area contributed by atoms with Crippen molar-refractivity contribution in [2.75, 3.05) is 31.1 Å². The van der Waals surface area contributed by atoms with Gasteiger partial charge in [0.25, 0.3) is 5.89 Å². The van der Waals surface area contributed by atoms with Gasteiger partial charge in [0.05, 0.1) is 5.56 Å². The molecule has 2 aliphatic rings. The van der Waals surface area contributed by atoms with E-state index in [1.165, 1.54) is 5.56 Å². The summed E-state index contributed by atoms with van der Waals surface area (Å²) < 4.78 is 5.58. The predicted molar refractivity (Wildman–Crippen MR) is 113 cm³/mol. The van der Waals surface area contributed by atoms with E-state index >= 15 is 0 Å². The number of benzene rings is 1. The van der Waals surface area contributed by atoms with Gasteiger partial charge in [0.1, 0.15) is 5.82 Å². The van der Waals surface area contributed by atoms with E-state index in [2.05, 4.69) is 31.0 Å². The molecule has 3 heterocycles. The maximum Gasteiger partial charge on any atom is 0.261 e. The van der Waals surface area contributed by atoms with E-state index in [1.807, 2.05) is 36.5 Å². The lowest BCUT2D eigenvalue weighted by Crippen LogP contribution is -2.31. The summed E-state index contributed by atoms with van der Waals surface area (Å²) in [6.45, 7) is 4.81. The van der Waals surface area contributed by atoms with Crippen molar-refractivity contribution < 1.29 is 4.52 Å². The Morgan fingerprint density at radius 2 is 2.00 bits per heavy atom. The number of aromatic nitrogens is 3. The topological polar surface area (TPSA) is 58.3 Å². The van der Waals surface area contributed by atoms with Gasteiger partial charge in [-0.25, -0.2) is 4.98 Å². The highest BCUT2D eigenvalue weighted by Gasteiger charge is 2.30. The largest absolute Gasteiger partial charge is 0.355 e. The van der Waals surface area contributed by atoms with Crippen LogP contribution in [0.2, 0.25) is 5.02 Å². The average Bonchev–Trinajstić information content (AvgIpc) is 3.51. The Bertz CT molecular complexity index is 987. The first-order chi connectivity index (χ1) is 14.3. The van der Waals surface area contributed by atoms with Crippen LogP contribution in [0.4, 0.5) is 5.82 Å². The highest BCUT2D eigenvalue weighted by molar-refractivity contribution is 6.30. The van der Waals surface area contributed by atoms with E-state index in [4.69, 9.17) is 16.1 Å². The highest BCUT2D eigenvalue weighted by atomic mass is 35.5. The van der Waals surface area contributed by atoms with Crippen molar-refractivity contribution in [3.05, 3.63) is 59.0 Å². The van der Waals surface area contributed by atoms with Gasteiger partial charge in [0, 0.05) is 49.9 Å². The summed E-state index contributed by atoms with van der Waals surface area (Å²) >= 11 is 6.14. The van der Waals surface area contributed by atoms with Crippen LogP contribution < -0.4 is 4.90 Å². The first kappa shape index (κ1) is 18.6. The standard InChI is InChI=1S/C22H24ClN5O/c23-18-5-1-4-16(14-18)15-27-10-3-11-28(13-12-27)21-19(6-2-9-24-21)22-25-20(26-29-22)17-7-8-17/h1-2,4-6,9,14,17H,3,7-8,10-13,15H2. The fraction of sp³-hybridized carbons (Fsp3) is 0.409. The number of halogens is 1. The fourth-order valence-electron chi connectivity index (χ4n) is 3.90. The Balaban J connectivity index is 1.31. The number of rotatable bonds is 5. The van der Waals surface area contributed by atoms with Crippen LogP contribution in [0.25, 0.3) is 11.5 Å². The van der Waals surface area contributed by atoms with Crippen molar-refractivity contribution in [2.24, 2.45) is 0 Å². The molecule has 1 aromatic carbocycles. The van der Waals surface area contributed by atoms with Crippen LogP contribution in [0.1, 0.15) is 36.6 Å². The molecule has 150 valence electrons. The minimum absolute atomic E-state index is 0.478. The normalized spacial score (nSPS) is 18.0. The van der Waals surface area contributed by atoms with Crippen molar-refractivity contribution in [2.45, 2.75) is 31.7 Å². The lowest BCUT2D eigenvalue weighted by molar-refractivity contribution is 0.285.